The van der Waals surface area contributed by atoms with Crippen LogP contribution in [0.2, 0.25) is 5.02 Å². The van der Waals surface area contributed by atoms with Gasteiger partial charge >= 0.3 is 0 Å². The molecule has 0 atom stereocenters. The number of hydrogen-bond donors (Lipinski definition) is 2. The SMILES string of the molecule is Cc1cccc(Oc2ccc(C(=N)N)c(Cl)c2)c1C. The van der Waals surface area contributed by atoms with E-state index in [-0.39, 0.29) is 5.84 Å². The van der Waals surface area contributed by atoms with Gasteiger partial charge in [-0.3, -0.25) is 5.41 Å². The minimum atomic E-state index is -0.0525. The molecule has 3 N–H and O–H groups in total. The second kappa shape index (κ2) is 5.33. The molecule has 2 aromatic rings. The molecule has 0 radical (unpaired) electrons. The van der Waals surface area contributed by atoms with Gasteiger partial charge in [-0.05, 0) is 43.2 Å². The molecule has 19 heavy (non-hydrogen) atoms. The van der Waals surface area contributed by atoms with Gasteiger partial charge in [0.2, 0.25) is 0 Å². The molecule has 0 aliphatic rings. The van der Waals surface area contributed by atoms with E-state index in [1.165, 1.54) is 5.56 Å². The third-order valence-electron chi connectivity index (χ3n) is 3.01. The molecule has 0 aliphatic heterocycles. The van der Waals surface area contributed by atoms with Crippen molar-refractivity contribution in [1.82, 2.24) is 0 Å². The standard InChI is InChI=1S/C15H15ClN2O/c1-9-4-3-5-14(10(9)2)19-11-6-7-12(15(17)18)13(16)8-11/h3-8H,1-2H3,(H3,17,18). The van der Waals surface area contributed by atoms with Gasteiger partial charge in [-0.2, -0.15) is 0 Å². The molecule has 0 aliphatic carbocycles. The van der Waals surface area contributed by atoms with Gasteiger partial charge < -0.3 is 10.5 Å². The van der Waals surface area contributed by atoms with Crippen molar-refractivity contribution in [3.63, 3.8) is 0 Å². The van der Waals surface area contributed by atoms with Crippen molar-refractivity contribution < 1.29 is 4.74 Å². The maximum Gasteiger partial charge on any atom is 0.130 e. The highest BCUT2D eigenvalue weighted by Gasteiger charge is 2.07. The number of nitrogens with one attached hydrogen (secondary N) is 1. The van der Waals surface area contributed by atoms with E-state index >= 15 is 0 Å². The van der Waals surface area contributed by atoms with Crippen LogP contribution in [0.15, 0.2) is 36.4 Å². The molecule has 0 aromatic heterocycles. The summed E-state index contributed by atoms with van der Waals surface area (Å²) >= 11 is 6.06. The maximum absolute atomic E-state index is 7.38. The number of benzene rings is 2. The average Bonchev–Trinajstić information content (AvgIpc) is 2.34. The number of aryl methyl sites for hydroxylation is 1. The number of ether oxygens (including phenoxy) is 1. The van der Waals surface area contributed by atoms with Crippen LogP contribution >= 0.6 is 11.6 Å². The van der Waals surface area contributed by atoms with E-state index in [9.17, 15) is 0 Å². The first-order valence-corrected chi connectivity index (χ1v) is 6.25. The molecule has 2 aromatic carbocycles. The van der Waals surface area contributed by atoms with Gasteiger partial charge in [0.15, 0.2) is 0 Å². The van der Waals surface area contributed by atoms with Crippen LogP contribution in [0.5, 0.6) is 11.5 Å². The van der Waals surface area contributed by atoms with E-state index in [0.29, 0.717) is 16.3 Å². The van der Waals surface area contributed by atoms with Crippen LogP contribution in [0.1, 0.15) is 16.7 Å². The first-order chi connectivity index (χ1) is 8.99. The Morgan fingerprint density at radius 3 is 2.58 bits per heavy atom. The fourth-order valence-electron chi connectivity index (χ4n) is 1.74. The normalized spacial score (nSPS) is 10.3. The minimum Gasteiger partial charge on any atom is -0.457 e. The zero-order valence-corrected chi connectivity index (χ0v) is 11.6. The fourth-order valence-corrected chi connectivity index (χ4v) is 2.01. The van der Waals surface area contributed by atoms with Crippen molar-refractivity contribution in [3.8, 4) is 11.5 Å². The van der Waals surface area contributed by atoms with Gasteiger partial charge in [-0.25, -0.2) is 0 Å². The van der Waals surface area contributed by atoms with Gasteiger partial charge in [0.05, 0.1) is 5.02 Å². The third-order valence-corrected chi connectivity index (χ3v) is 3.33. The highest BCUT2D eigenvalue weighted by atomic mass is 35.5. The number of nitrogens with two attached hydrogens (primary N) is 1. The number of hydrogen-bond acceptors (Lipinski definition) is 2. The molecule has 3 nitrogen and oxygen atoms in total. The summed E-state index contributed by atoms with van der Waals surface area (Å²) in [5.41, 5.74) is 8.19. The highest BCUT2D eigenvalue weighted by molar-refractivity contribution is 6.34. The van der Waals surface area contributed by atoms with E-state index < -0.39 is 0 Å². The van der Waals surface area contributed by atoms with Crippen LogP contribution < -0.4 is 10.5 Å². The van der Waals surface area contributed by atoms with Crippen LogP contribution in [0, 0.1) is 19.3 Å². The molecular weight excluding hydrogens is 260 g/mol. The summed E-state index contributed by atoms with van der Waals surface area (Å²) in [6, 6.07) is 11.0. The molecule has 0 saturated carbocycles. The molecule has 4 heteroatoms. The van der Waals surface area contributed by atoms with Crippen LogP contribution in [0.3, 0.4) is 0 Å². The number of halogens is 1. The third kappa shape index (κ3) is 2.88. The van der Waals surface area contributed by atoms with Crippen LogP contribution in [-0.4, -0.2) is 5.84 Å². The highest BCUT2D eigenvalue weighted by Crippen LogP contribution is 2.29. The smallest absolute Gasteiger partial charge is 0.130 e. The topological polar surface area (TPSA) is 59.1 Å². The lowest BCUT2D eigenvalue weighted by molar-refractivity contribution is 0.478. The van der Waals surface area contributed by atoms with E-state index in [0.717, 1.165) is 11.3 Å². The lowest BCUT2D eigenvalue weighted by atomic mass is 10.1. The number of amidine groups is 1. The molecule has 98 valence electrons. The van der Waals surface area contributed by atoms with Crippen molar-refractivity contribution in [2.45, 2.75) is 13.8 Å². The van der Waals surface area contributed by atoms with Crippen LogP contribution in [-0.2, 0) is 0 Å². The van der Waals surface area contributed by atoms with Crippen LogP contribution in [0.25, 0.3) is 0 Å². The molecule has 2 rings (SSSR count). The second-order valence-electron chi connectivity index (χ2n) is 4.36. The Kier molecular flexibility index (Phi) is 3.76. The lowest BCUT2D eigenvalue weighted by Gasteiger charge is -2.11. The van der Waals surface area contributed by atoms with Crippen molar-refractivity contribution in [2.75, 3.05) is 0 Å². The lowest BCUT2D eigenvalue weighted by Crippen LogP contribution is -2.11. The maximum atomic E-state index is 7.38. The van der Waals surface area contributed by atoms with Crippen molar-refractivity contribution in [2.24, 2.45) is 5.73 Å². The molecule has 0 fully saturated rings. The Morgan fingerprint density at radius 2 is 1.95 bits per heavy atom. The zero-order chi connectivity index (χ0) is 14.0. The molecular formula is C15H15ClN2O. The molecule has 0 saturated heterocycles. The first-order valence-electron chi connectivity index (χ1n) is 5.87. The summed E-state index contributed by atoms with van der Waals surface area (Å²) in [6.07, 6.45) is 0. The summed E-state index contributed by atoms with van der Waals surface area (Å²) in [6.45, 7) is 4.05. The molecule has 0 amide bonds. The molecule has 0 heterocycles. The summed E-state index contributed by atoms with van der Waals surface area (Å²) in [7, 11) is 0. The van der Waals surface area contributed by atoms with E-state index in [1.807, 2.05) is 32.0 Å². The Labute approximate surface area is 117 Å². The summed E-state index contributed by atoms with van der Waals surface area (Å²) in [5.74, 6) is 1.37. The zero-order valence-electron chi connectivity index (χ0n) is 10.8. The average molecular weight is 275 g/mol. The summed E-state index contributed by atoms with van der Waals surface area (Å²) in [5, 5.41) is 7.79. The van der Waals surface area contributed by atoms with Crippen molar-refractivity contribution in [1.29, 1.82) is 5.41 Å². The molecule has 0 unspecified atom stereocenters. The number of nitrogen functional groups attached to an aromatic ring is 1. The summed E-state index contributed by atoms with van der Waals surface area (Å²) in [4.78, 5) is 0. The van der Waals surface area contributed by atoms with E-state index in [4.69, 9.17) is 27.5 Å². The summed E-state index contributed by atoms with van der Waals surface area (Å²) < 4.78 is 5.81. The Morgan fingerprint density at radius 1 is 1.21 bits per heavy atom. The minimum absolute atomic E-state index is 0.0525. The van der Waals surface area contributed by atoms with Crippen molar-refractivity contribution >= 4 is 17.4 Å². The monoisotopic (exact) mass is 274 g/mol. The largest absolute Gasteiger partial charge is 0.457 e. The van der Waals surface area contributed by atoms with Gasteiger partial charge in [-0.1, -0.05) is 23.7 Å². The Hall–Kier alpha value is -2.00. The number of rotatable bonds is 3. The van der Waals surface area contributed by atoms with Crippen LogP contribution in [0.4, 0.5) is 0 Å². The first kappa shape index (κ1) is 13.4. The van der Waals surface area contributed by atoms with Crippen molar-refractivity contribution in [3.05, 3.63) is 58.1 Å². The molecule has 0 bridgehead atoms. The predicted molar refractivity (Wildman–Crippen MR) is 78.5 cm³/mol. The predicted octanol–water partition coefficient (Wildman–Crippen LogP) is 4.03. The van der Waals surface area contributed by atoms with E-state index in [1.54, 1.807) is 18.2 Å². The quantitative estimate of drug-likeness (QED) is 0.656. The van der Waals surface area contributed by atoms with Gasteiger partial charge in [0, 0.05) is 11.6 Å². The Bertz CT molecular complexity index is 638. The van der Waals surface area contributed by atoms with Gasteiger partial charge in [0.25, 0.3) is 0 Å². The van der Waals surface area contributed by atoms with E-state index in [2.05, 4.69) is 0 Å². The second-order valence-corrected chi connectivity index (χ2v) is 4.76. The van der Waals surface area contributed by atoms with Gasteiger partial charge in [-0.15, -0.1) is 0 Å². The fraction of sp³-hybridized carbons (Fsp3) is 0.133. The molecule has 0 spiro atoms. The van der Waals surface area contributed by atoms with Gasteiger partial charge in [0.1, 0.15) is 17.3 Å². The Balaban J connectivity index is 2.32.